The molecule has 2 heterocycles. The molecule has 9 aromatic rings. The van der Waals surface area contributed by atoms with E-state index in [1.165, 1.54) is 36.7 Å². The Labute approximate surface area is 275 Å². The second-order valence-corrected chi connectivity index (χ2v) is 13.0. The molecule has 47 heavy (non-hydrogen) atoms. The standard InChI is InChI=1S/C43H26N2OS/c1-3-12-27(13-4-1)29-16-9-18-31(24-29)45(36-21-11-23-38-40(36)33-19-7-8-22-37(33)47-38)32-25-30-17-10-20-34-39(30)35(26-32)41-42(34)46-43(44-41)28-14-5-2-6-15-28/h1-26H. The fourth-order valence-electron chi connectivity index (χ4n) is 7.13. The van der Waals surface area contributed by atoms with E-state index in [0.717, 1.165) is 50.6 Å². The van der Waals surface area contributed by atoms with Crippen molar-refractivity contribution in [2.45, 2.75) is 0 Å². The first-order valence-electron chi connectivity index (χ1n) is 15.8. The predicted octanol–water partition coefficient (Wildman–Crippen LogP) is 12.6. The van der Waals surface area contributed by atoms with E-state index in [2.05, 4.69) is 132 Å². The van der Waals surface area contributed by atoms with Crippen LogP contribution in [0.4, 0.5) is 17.1 Å². The number of hydrogen-bond donors (Lipinski definition) is 0. The van der Waals surface area contributed by atoms with Crippen molar-refractivity contribution in [3.8, 4) is 45.2 Å². The average molecular weight is 619 g/mol. The van der Waals surface area contributed by atoms with E-state index in [4.69, 9.17) is 9.40 Å². The Morgan fingerprint density at radius 3 is 2.11 bits per heavy atom. The second-order valence-electron chi connectivity index (χ2n) is 12.0. The quantitative estimate of drug-likeness (QED) is 0.192. The summed E-state index contributed by atoms with van der Waals surface area (Å²) >= 11 is 1.84. The Morgan fingerprint density at radius 1 is 0.511 bits per heavy atom. The minimum Gasteiger partial charge on any atom is -0.435 e. The maximum absolute atomic E-state index is 6.49. The highest BCUT2D eigenvalue weighted by Crippen LogP contribution is 2.52. The van der Waals surface area contributed by atoms with Crippen molar-refractivity contribution in [2.75, 3.05) is 4.90 Å². The largest absolute Gasteiger partial charge is 0.435 e. The molecule has 0 unspecified atom stereocenters. The predicted molar refractivity (Wildman–Crippen MR) is 197 cm³/mol. The van der Waals surface area contributed by atoms with Gasteiger partial charge < -0.3 is 9.32 Å². The molecule has 0 saturated carbocycles. The number of benzene rings is 7. The maximum atomic E-state index is 6.49. The zero-order valence-electron chi connectivity index (χ0n) is 25.2. The lowest BCUT2D eigenvalue weighted by Gasteiger charge is -2.28. The normalized spacial score (nSPS) is 11.8. The zero-order valence-corrected chi connectivity index (χ0v) is 26.0. The summed E-state index contributed by atoms with van der Waals surface area (Å²) in [6.07, 6.45) is 0. The van der Waals surface area contributed by atoms with E-state index in [1.54, 1.807) is 0 Å². The van der Waals surface area contributed by atoms with Crippen LogP contribution in [0.2, 0.25) is 0 Å². The molecule has 2 aromatic heterocycles. The third-order valence-electron chi connectivity index (χ3n) is 9.20. The van der Waals surface area contributed by atoms with Crippen LogP contribution in [0.15, 0.2) is 162 Å². The molecule has 0 fully saturated rings. The summed E-state index contributed by atoms with van der Waals surface area (Å²) in [6, 6.07) is 56.1. The molecule has 220 valence electrons. The number of nitrogens with zero attached hydrogens (tertiary/aromatic N) is 2. The Bertz CT molecular complexity index is 2640. The SMILES string of the molecule is c1ccc(-c2cccc(N(c3cc4c5c(cccc5c3)-c3oc(-c5ccccc5)nc3-4)c3cccc4sc5ccccc5c34)c2)cc1. The smallest absolute Gasteiger partial charge is 0.227 e. The monoisotopic (exact) mass is 618 g/mol. The number of rotatable bonds is 5. The minimum absolute atomic E-state index is 0.644. The number of aromatic nitrogens is 1. The molecular weight excluding hydrogens is 593 g/mol. The van der Waals surface area contributed by atoms with Gasteiger partial charge in [0.1, 0.15) is 5.69 Å². The van der Waals surface area contributed by atoms with Crippen molar-refractivity contribution < 1.29 is 4.42 Å². The highest BCUT2D eigenvalue weighted by molar-refractivity contribution is 7.26. The third kappa shape index (κ3) is 4.09. The Hall–Kier alpha value is -5.97. The van der Waals surface area contributed by atoms with E-state index in [0.29, 0.717) is 5.89 Å². The summed E-state index contributed by atoms with van der Waals surface area (Å²) in [6.45, 7) is 0. The summed E-state index contributed by atoms with van der Waals surface area (Å²) in [5, 5.41) is 4.88. The fraction of sp³-hybridized carbons (Fsp3) is 0. The van der Waals surface area contributed by atoms with Crippen LogP contribution in [0.3, 0.4) is 0 Å². The molecule has 10 rings (SSSR count). The highest BCUT2D eigenvalue weighted by atomic mass is 32.1. The van der Waals surface area contributed by atoms with Crippen molar-refractivity contribution in [2.24, 2.45) is 0 Å². The van der Waals surface area contributed by atoms with E-state index >= 15 is 0 Å². The van der Waals surface area contributed by atoms with Gasteiger partial charge in [-0.25, -0.2) is 4.98 Å². The van der Waals surface area contributed by atoms with Crippen molar-refractivity contribution in [1.29, 1.82) is 0 Å². The van der Waals surface area contributed by atoms with Crippen LogP contribution in [-0.4, -0.2) is 4.98 Å². The van der Waals surface area contributed by atoms with Gasteiger partial charge in [-0.3, -0.25) is 0 Å². The van der Waals surface area contributed by atoms with Crippen molar-refractivity contribution in [3.05, 3.63) is 158 Å². The van der Waals surface area contributed by atoms with Crippen molar-refractivity contribution in [1.82, 2.24) is 4.98 Å². The van der Waals surface area contributed by atoms with Crippen LogP contribution in [0.5, 0.6) is 0 Å². The summed E-state index contributed by atoms with van der Waals surface area (Å²) in [7, 11) is 0. The lowest BCUT2D eigenvalue weighted by molar-refractivity contribution is 0.590. The molecule has 0 N–H and O–H groups in total. The van der Waals surface area contributed by atoms with Gasteiger partial charge in [-0.2, -0.15) is 0 Å². The average Bonchev–Trinajstić information content (AvgIpc) is 3.82. The molecule has 0 aliphatic heterocycles. The molecule has 0 atom stereocenters. The summed E-state index contributed by atoms with van der Waals surface area (Å²) in [5.74, 6) is 1.48. The molecule has 0 radical (unpaired) electrons. The fourth-order valence-corrected chi connectivity index (χ4v) is 8.26. The molecule has 1 aliphatic carbocycles. The molecule has 4 heteroatoms. The van der Waals surface area contributed by atoms with Crippen molar-refractivity contribution in [3.63, 3.8) is 0 Å². The van der Waals surface area contributed by atoms with Crippen molar-refractivity contribution >= 4 is 59.3 Å². The molecule has 0 spiro atoms. The van der Waals surface area contributed by atoms with E-state index in [1.807, 2.05) is 41.7 Å². The first-order chi connectivity index (χ1) is 23.3. The number of oxazole rings is 1. The Kier molecular flexibility index (Phi) is 5.74. The van der Waals surface area contributed by atoms with Gasteiger partial charge in [0.05, 0.1) is 5.69 Å². The van der Waals surface area contributed by atoms with Gasteiger partial charge in [-0.15, -0.1) is 11.3 Å². The molecule has 7 aromatic carbocycles. The second kappa shape index (κ2) is 10.3. The maximum Gasteiger partial charge on any atom is 0.227 e. The highest BCUT2D eigenvalue weighted by Gasteiger charge is 2.30. The van der Waals surface area contributed by atoms with E-state index in [9.17, 15) is 0 Å². The van der Waals surface area contributed by atoms with E-state index < -0.39 is 0 Å². The number of thiophene rings is 1. The number of fused-ring (bicyclic) bond motifs is 6. The van der Waals surface area contributed by atoms with Crippen LogP contribution >= 0.6 is 11.3 Å². The zero-order chi connectivity index (χ0) is 30.9. The summed E-state index contributed by atoms with van der Waals surface area (Å²) in [5.41, 5.74) is 9.76. The van der Waals surface area contributed by atoms with Gasteiger partial charge in [-0.1, -0.05) is 103 Å². The topological polar surface area (TPSA) is 29.3 Å². The molecule has 0 saturated heterocycles. The molecule has 0 bridgehead atoms. The first kappa shape index (κ1) is 26.3. The van der Waals surface area contributed by atoms with Gasteiger partial charge >= 0.3 is 0 Å². The molecule has 1 aliphatic rings. The molecule has 0 amide bonds. The first-order valence-corrected chi connectivity index (χ1v) is 16.6. The third-order valence-corrected chi connectivity index (χ3v) is 10.3. The minimum atomic E-state index is 0.644. The van der Waals surface area contributed by atoms with Crippen LogP contribution in [-0.2, 0) is 0 Å². The Balaban J connectivity index is 1.24. The van der Waals surface area contributed by atoms with E-state index in [-0.39, 0.29) is 0 Å². The van der Waals surface area contributed by atoms with Gasteiger partial charge in [-0.05, 0) is 71.1 Å². The number of hydrogen-bond acceptors (Lipinski definition) is 4. The lowest BCUT2D eigenvalue weighted by atomic mass is 10.0. The number of anilines is 3. The van der Waals surface area contributed by atoms with Gasteiger partial charge in [0.15, 0.2) is 5.76 Å². The van der Waals surface area contributed by atoms with Crippen LogP contribution in [0.25, 0.3) is 76.1 Å². The van der Waals surface area contributed by atoms with Crippen LogP contribution < -0.4 is 4.90 Å². The van der Waals surface area contributed by atoms with Gasteiger partial charge in [0.2, 0.25) is 5.89 Å². The van der Waals surface area contributed by atoms with Crippen LogP contribution in [0, 0.1) is 0 Å². The Morgan fingerprint density at radius 2 is 1.23 bits per heavy atom. The van der Waals surface area contributed by atoms with Gasteiger partial charge in [0, 0.05) is 53.6 Å². The van der Waals surface area contributed by atoms with Crippen LogP contribution in [0.1, 0.15) is 0 Å². The van der Waals surface area contributed by atoms with Gasteiger partial charge in [0.25, 0.3) is 0 Å². The molecular formula is C43H26N2OS. The molecule has 3 nitrogen and oxygen atoms in total. The summed E-state index contributed by atoms with van der Waals surface area (Å²) < 4.78 is 9.05. The summed E-state index contributed by atoms with van der Waals surface area (Å²) in [4.78, 5) is 7.52. The lowest BCUT2D eigenvalue weighted by Crippen LogP contribution is -2.10.